The minimum Gasteiger partial charge on any atom is -0.258 e. The zero-order valence-electron chi connectivity index (χ0n) is 8.56. The summed E-state index contributed by atoms with van der Waals surface area (Å²) in [5.74, 6) is -0.0868. The van der Waals surface area contributed by atoms with Crippen molar-refractivity contribution in [3.05, 3.63) is 49.4 Å². The van der Waals surface area contributed by atoms with Gasteiger partial charge >= 0.3 is 11.4 Å². The molecule has 2 heterocycles. The van der Waals surface area contributed by atoms with Crippen molar-refractivity contribution in [2.24, 2.45) is 0 Å². The highest BCUT2D eigenvalue weighted by Crippen LogP contribution is 2.24. The second-order valence-electron chi connectivity index (χ2n) is 3.15. The fourth-order valence-electron chi connectivity index (χ4n) is 1.26. The minimum atomic E-state index is -0.645. The van der Waals surface area contributed by atoms with Crippen LogP contribution in [0, 0.1) is 20.2 Å². The normalized spacial score (nSPS) is 10.3. The Balaban J connectivity index is 2.55. The van der Waals surface area contributed by atoms with Crippen molar-refractivity contribution in [2.45, 2.75) is 0 Å². The highest BCUT2D eigenvalue weighted by atomic mass is 79.9. The maximum Gasteiger partial charge on any atom is 0.314 e. The molecule has 0 atom stereocenters. The Kier molecular flexibility index (Phi) is 3.02. The molecule has 0 bridgehead atoms. The van der Waals surface area contributed by atoms with Crippen LogP contribution in [0.3, 0.4) is 0 Å². The van der Waals surface area contributed by atoms with Crippen LogP contribution < -0.4 is 0 Å². The van der Waals surface area contributed by atoms with Gasteiger partial charge < -0.3 is 0 Å². The quantitative estimate of drug-likeness (QED) is 0.630. The van der Waals surface area contributed by atoms with E-state index in [1.807, 2.05) is 0 Å². The van der Waals surface area contributed by atoms with Crippen LogP contribution in [0.4, 0.5) is 11.4 Å². The van der Waals surface area contributed by atoms with Gasteiger partial charge in [0.15, 0.2) is 0 Å². The molecule has 0 radical (unpaired) electrons. The number of hydrogen-bond donors (Lipinski definition) is 0. The van der Waals surface area contributed by atoms with Gasteiger partial charge in [0.1, 0.15) is 12.4 Å². The molecular weight excluding hydrogens is 310 g/mol. The molecule has 0 spiro atoms. The largest absolute Gasteiger partial charge is 0.314 e. The van der Waals surface area contributed by atoms with Crippen LogP contribution in [0.25, 0.3) is 5.82 Å². The summed E-state index contributed by atoms with van der Waals surface area (Å²) in [6.45, 7) is 0. The molecule has 2 rings (SSSR count). The molecule has 10 heteroatoms. The number of pyridine rings is 1. The summed E-state index contributed by atoms with van der Waals surface area (Å²) in [7, 11) is 0. The molecule has 0 aliphatic heterocycles. The van der Waals surface area contributed by atoms with E-state index < -0.39 is 9.85 Å². The fraction of sp³-hybridized carbons (Fsp3) is 0. The lowest BCUT2D eigenvalue weighted by atomic mass is 10.4. The molecule has 2 aromatic rings. The molecular formula is C8H4BrN5O4. The molecule has 92 valence electrons. The Labute approximate surface area is 107 Å². The summed E-state index contributed by atoms with van der Waals surface area (Å²) in [5, 5.41) is 25.0. The number of nitro groups is 2. The van der Waals surface area contributed by atoms with Crippen LogP contribution in [0.1, 0.15) is 0 Å². The third kappa shape index (κ3) is 2.18. The van der Waals surface area contributed by atoms with Crippen molar-refractivity contribution in [3.63, 3.8) is 0 Å². The summed E-state index contributed by atoms with van der Waals surface area (Å²) < 4.78 is 1.42. The van der Waals surface area contributed by atoms with E-state index in [-0.39, 0.29) is 17.2 Å². The Morgan fingerprint density at radius 2 is 1.94 bits per heavy atom. The SMILES string of the molecule is O=[N+]([O-])c1cnn(-c2ncc(Br)cc2[N+](=O)[O-])c1. The molecule has 0 aromatic carbocycles. The number of rotatable bonds is 3. The van der Waals surface area contributed by atoms with Crippen molar-refractivity contribution in [1.82, 2.24) is 14.8 Å². The number of nitrogens with zero attached hydrogens (tertiary/aromatic N) is 5. The molecule has 0 fully saturated rings. The first-order valence-corrected chi connectivity index (χ1v) is 5.27. The second kappa shape index (κ2) is 4.49. The molecule has 0 saturated carbocycles. The summed E-state index contributed by atoms with van der Waals surface area (Å²) in [5.41, 5.74) is -0.573. The predicted molar refractivity (Wildman–Crippen MR) is 62.4 cm³/mol. The first-order chi connectivity index (χ1) is 8.49. The van der Waals surface area contributed by atoms with Gasteiger partial charge in [0.2, 0.25) is 5.82 Å². The van der Waals surface area contributed by atoms with Crippen molar-refractivity contribution < 1.29 is 9.85 Å². The van der Waals surface area contributed by atoms with E-state index in [9.17, 15) is 20.2 Å². The maximum atomic E-state index is 10.9. The smallest absolute Gasteiger partial charge is 0.258 e. The summed E-state index contributed by atoms with van der Waals surface area (Å²) >= 11 is 3.06. The first kappa shape index (κ1) is 12.1. The van der Waals surface area contributed by atoms with Crippen molar-refractivity contribution in [3.8, 4) is 5.82 Å². The average Bonchev–Trinajstić information content (AvgIpc) is 2.78. The van der Waals surface area contributed by atoms with E-state index in [0.717, 1.165) is 17.1 Å². The van der Waals surface area contributed by atoms with E-state index in [0.29, 0.717) is 4.47 Å². The highest BCUT2D eigenvalue weighted by molar-refractivity contribution is 9.10. The number of aromatic nitrogens is 3. The summed E-state index contributed by atoms with van der Waals surface area (Å²) in [4.78, 5) is 23.9. The Hall–Kier alpha value is -2.36. The van der Waals surface area contributed by atoms with E-state index in [1.165, 1.54) is 12.3 Å². The lowest BCUT2D eigenvalue weighted by molar-refractivity contribution is -0.385. The van der Waals surface area contributed by atoms with Crippen LogP contribution in [-0.4, -0.2) is 24.6 Å². The zero-order valence-corrected chi connectivity index (χ0v) is 10.1. The van der Waals surface area contributed by atoms with Crippen molar-refractivity contribution in [2.75, 3.05) is 0 Å². The number of halogens is 1. The molecule has 0 N–H and O–H groups in total. The van der Waals surface area contributed by atoms with Gasteiger partial charge in [-0.2, -0.15) is 5.10 Å². The fourth-order valence-corrected chi connectivity index (χ4v) is 1.57. The Bertz CT molecular complexity index is 640. The topological polar surface area (TPSA) is 117 Å². The van der Waals surface area contributed by atoms with Crippen LogP contribution >= 0.6 is 15.9 Å². The molecule has 2 aromatic heterocycles. The lowest BCUT2D eigenvalue weighted by Gasteiger charge is -2.01. The van der Waals surface area contributed by atoms with Gasteiger partial charge in [-0.15, -0.1) is 0 Å². The van der Waals surface area contributed by atoms with Gasteiger partial charge in [-0.1, -0.05) is 0 Å². The monoisotopic (exact) mass is 313 g/mol. The molecule has 0 amide bonds. The van der Waals surface area contributed by atoms with Gasteiger partial charge in [-0.05, 0) is 15.9 Å². The zero-order chi connectivity index (χ0) is 13.3. The Morgan fingerprint density at radius 3 is 2.50 bits per heavy atom. The van der Waals surface area contributed by atoms with E-state index in [2.05, 4.69) is 26.0 Å². The number of hydrogen-bond acceptors (Lipinski definition) is 6. The maximum absolute atomic E-state index is 10.9. The third-order valence-electron chi connectivity index (χ3n) is 2.01. The van der Waals surface area contributed by atoms with Crippen LogP contribution in [0.5, 0.6) is 0 Å². The van der Waals surface area contributed by atoms with Crippen molar-refractivity contribution >= 4 is 27.3 Å². The van der Waals surface area contributed by atoms with E-state index >= 15 is 0 Å². The van der Waals surface area contributed by atoms with Crippen molar-refractivity contribution in [1.29, 1.82) is 0 Å². The van der Waals surface area contributed by atoms with Crippen LogP contribution in [0.2, 0.25) is 0 Å². The summed E-state index contributed by atoms with van der Waals surface area (Å²) in [6.07, 6.45) is 3.40. The Morgan fingerprint density at radius 1 is 1.22 bits per heavy atom. The van der Waals surface area contributed by atoms with Crippen LogP contribution in [-0.2, 0) is 0 Å². The molecule has 0 aliphatic carbocycles. The predicted octanol–water partition coefficient (Wildman–Crippen LogP) is 1.85. The molecule has 0 aliphatic rings. The van der Waals surface area contributed by atoms with Gasteiger partial charge in [0, 0.05) is 16.7 Å². The van der Waals surface area contributed by atoms with Gasteiger partial charge in [0.05, 0.1) is 9.85 Å². The van der Waals surface area contributed by atoms with E-state index in [1.54, 1.807) is 0 Å². The molecule has 0 saturated heterocycles. The third-order valence-corrected chi connectivity index (χ3v) is 2.44. The summed E-state index contributed by atoms with van der Waals surface area (Å²) in [6, 6.07) is 1.25. The van der Waals surface area contributed by atoms with Gasteiger partial charge in [-0.3, -0.25) is 20.2 Å². The lowest BCUT2D eigenvalue weighted by Crippen LogP contribution is -2.03. The molecule has 18 heavy (non-hydrogen) atoms. The molecule has 9 nitrogen and oxygen atoms in total. The van der Waals surface area contributed by atoms with Crippen LogP contribution in [0.15, 0.2) is 29.1 Å². The minimum absolute atomic E-state index is 0.0868. The van der Waals surface area contributed by atoms with E-state index in [4.69, 9.17) is 0 Å². The standard InChI is InChI=1S/C8H4BrN5O4/c9-5-1-7(14(17)18)8(10-2-5)12-4-6(3-11-12)13(15)16/h1-4H. The second-order valence-corrected chi connectivity index (χ2v) is 4.07. The van der Waals surface area contributed by atoms with Gasteiger partial charge in [0.25, 0.3) is 0 Å². The first-order valence-electron chi connectivity index (χ1n) is 4.48. The molecule has 0 unspecified atom stereocenters. The average molecular weight is 314 g/mol. The highest BCUT2D eigenvalue weighted by Gasteiger charge is 2.20. The van der Waals surface area contributed by atoms with Gasteiger partial charge in [-0.25, -0.2) is 9.67 Å².